The van der Waals surface area contributed by atoms with E-state index in [1.54, 1.807) is 18.2 Å². The Labute approximate surface area is 123 Å². The van der Waals surface area contributed by atoms with Gasteiger partial charge in [0.05, 0.1) is 5.02 Å². The average Bonchev–Trinajstić information content (AvgIpc) is 2.39. The van der Waals surface area contributed by atoms with Crippen LogP contribution in [0, 0.1) is 0 Å². The van der Waals surface area contributed by atoms with Crippen LogP contribution in [-0.2, 0) is 0 Å². The predicted octanol–water partition coefficient (Wildman–Crippen LogP) is 2.10. The number of rotatable bonds is 9. The number of ether oxygens (including phenoxy) is 1. The van der Waals surface area contributed by atoms with Gasteiger partial charge in [0, 0.05) is 24.2 Å². The van der Waals surface area contributed by atoms with Gasteiger partial charge < -0.3 is 20.3 Å². The molecule has 0 amide bonds. The van der Waals surface area contributed by atoms with Crippen molar-refractivity contribution in [3.8, 4) is 5.75 Å². The van der Waals surface area contributed by atoms with Gasteiger partial charge in [-0.3, -0.25) is 0 Å². The molecule has 108 valence electrons. The van der Waals surface area contributed by atoms with Gasteiger partial charge in [-0.25, -0.2) is 0 Å². The molecule has 0 saturated carbocycles. The lowest BCUT2D eigenvalue weighted by molar-refractivity contribution is 0.106. The summed E-state index contributed by atoms with van der Waals surface area (Å²) in [6, 6.07) is 4.94. The van der Waals surface area contributed by atoms with Crippen LogP contribution < -0.4 is 10.1 Å². The molecular weight excluding hydrogens is 289 g/mol. The number of nitrogens with one attached hydrogen (secondary N) is 1. The van der Waals surface area contributed by atoms with Gasteiger partial charge in [-0.15, -0.1) is 0 Å². The van der Waals surface area contributed by atoms with Crippen molar-refractivity contribution in [2.75, 3.05) is 26.3 Å². The van der Waals surface area contributed by atoms with E-state index in [1.807, 2.05) is 0 Å². The summed E-state index contributed by atoms with van der Waals surface area (Å²) in [6.45, 7) is 1.53. The predicted molar refractivity (Wildman–Crippen MR) is 77.2 cm³/mol. The highest BCUT2D eigenvalue weighted by molar-refractivity contribution is 6.34. The van der Waals surface area contributed by atoms with Crippen LogP contribution in [0.25, 0.3) is 0 Å². The second kappa shape index (κ2) is 9.39. The molecule has 0 heterocycles. The highest BCUT2D eigenvalue weighted by atomic mass is 35.5. The molecule has 0 bridgehead atoms. The van der Waals surface area contributed by atoms with Crippen LogP contribution in [-0.4, -0.2) is 42.6 Å². The first-order chi connectivity index (χ1) is 9.13. The van der Waals surface area contributed by atoms with Crippen molar-refractivity contribution in [3.05, 3.63) is 28.2 Å². The molecule has 6 heteroatoms. The smallest absolute Gasteiger partial charge is 0.139 e. The molecule has 0 saturated heterocycles. The minimum absolute atomic E-state index is 0.146. The lowest BCUT2D eigenvalue weighted by atomic mass is 10.3. The van der Waals surface area contributed by atoms with E-state index in [0.717, 1.165) is 19.4 Å². The van der Waals surface area contributed by atoms with E-state index in [4.69, 9.17) is 33.0 Å². The molecule has 19 heavy (non-hydrogen) atoms. The van der Waals surface area contributed by atoms with E-state index in [-0.39, 0.29) is 13.2 Å². The second-order valence-electron chi connectivity index (χ2n) is 4.17. The van der Waals surface area contributed by atoms with E-state index in [9.17, 15) is 5.11 Å². The number of hydrogen-bond donors (Lipinski definition) is 3. The summed E-state index contributed by atoms with van der Waals surface area (Å²) in [5.41, 5.74) is 0. The number of aliphatic hydroxyl groups excluding tert-OH is 2. The molecule has 1 aromatic rings. The summed E-state index contributed by atoms with van der Waals surface area (Å²) < 4.78 is 5.41. The van der Waals surface area contributed by atoms with Crippen molar-refractivity contribution >= 4 is 23.2 Å². The van der Waals surface area contributed by atoms with Crippen molar-refractivity contribution in [2.45, 2.75) is 18.9 Å². The van der Waals surface area contributed by atoms with Crippen LogP contribution in [0.4, 0.5) is 0 Å². The summed E-state index contributed by atoms with van der Waals surface area (Å²) in [7, 11) is 0. The Kier molecular flexibility index (Phi) is 8.18. The Morgan fingerprint density at radius 3 is 2.79 bits per heavy atom. The van der Waals surface area contributed by atoms with Crippen LogP contribution in [0.5, 0.6) is 5.75 Å². The Morgan fingerprint density at radius 2 is 2.05 bits per heavy atom. The summed E-state index contributed by atoms with van der Waals surface area (Å²) >= 11 is 11.8. The normalized spacial score (nSPS) is 12.4. The molecule has 4 nitrogen and oxygen atoms in total. The Bertz CT molecular complexity index is 377. The molecule has 1 aromatic carbocycles. The largest absolute Gasteiger partial charge is 0.489 e. The van der Waals surface area contributed by atoms with Gasteiger partial charge in [-0.2, -0.15) is 0 Å². The number of hydrogen-bond acceptors (Lipinski definition) is 4. The van der Waals surface area contributed by atoms with Gasteiger partial charge in [0.15, 0.2) is 0 Å². The van der Waals surface area contributed by atoms with E-state index < -0.39 is 6.10 Å². The third-order valence-corrected chi connectivity index (χ3v) is 3.01. The second-order valence-corrected chi connectivity index (χ2v) is 5.02. The zero-order valence-corrected chi connectivity index (χ0v) is 12.1. The van der Waals surface area contributed by atoms with Gasteiger partial charge in [0.25, 0.3) is 0 Å². The van der Waals surface area contributed by atoms with Gasteiger partial charge in [0.2, 0.25) is 0 Å². The Hall–Kier alpha value is -0.520. The van der Waals surface area contributed by atoms with Crippen molar-refractivity contribution in [1.29, 1.82) is 0 Å². The van der Waals surface area contributed by atoms with E-state index in [1.165, 1.54) is 0 Å². The van der Waals surface area contributed by atoms with Gasteiger partial charge in [-0.05, 0) is 31.5 Å². The zero-order valence-electron chi connectivity index (χ0n) is 10.6. The minimum Gasteiger partial charge on any atom is -0.489 e. The van der Waals surface area contributed by atoms with Crippen LogP contribution >= 0.6 is 23.2 Å². The minimum atomic E-state index is -0.621. The Balaban J connectivity index is 2.22. The van der Waals surface area contributed by atoms with Crippen LogP contribution in [0.15, 0.2) is 18.2 Å². The van der Waals surface area contributed by atoms with Gasteiger partial charge in [-0.1, -0.05) is 23.2 Å². The quantitative estimate of drug-likeness (QED) is 0.611. The number of unbranched alkanes of at least 4 members (excludes halogenated alkanes) is 1. The molecule has 0 aliphatic carbocycles. The molecule has 0 fully saturated rings. The Morgan fingerprint density at radius 1 is 1.26 bits per heavy atom. The van der Waals surface area contributed by atoms with Crippen LogP contribution in [0.2, 0.25) is 10.0 Å². The highest BCUT2D eigenvalue weighted by Crippen LogP contribution is 2.27. The molecule has 0 aliphatic rings. The third-order valence-electron chi connectivity index (χ3n) is 2.47. The fourth-order valence-electron chi connectivity index (χ4n) is 1.46. The SMILES string of the molecule is OCCCCNCC(O)COc1cc(Cl)ccc1Cl. The molecule has 0 aromatic heterocycles. The molecule has 1 atom stereocenters. The maximum absolute atomic E-state index is 9.71. The van der Waals surface area contributed by atoms with Crippen molar-refractivity contribution in [1.82, 2.24) is 5.32 Å². The van der Waals surface area contributed by atoms with Crippen LogP contribution in [0.3, 0.4) is 0 Å². The molecular formula is C13H19Cl2NO3. The van der Waals surface area contributed by atoms with Crippen LogP contribution in [0.1, 0.15) is 12.8 Å². The van der Waals surface area contributed by atoms with Crippen molar-refractivity contribution in [2.24, 2.45) is 0 Å². The molecule has 1 unspecified atom stereocenters. The molecule has 3 N–H and O–H groups in total. The summed E-state index contributed by atoms with van der Waals surface area (Å²) in [6.07, 6.45) is 1.02. The van der Waals surface area contributed by atoms with Crippen molar-refractivity contribution < 1.29 is 14.9 Å². The summed E-state index contributed by atoms with van der Waals surface area (Å²) in [4.78, 5) is 0. The summed E-state index contributed by atoms with van der Waals surface area (Å²) in [5.74, 6) is 0.466. The fraction of sp³-hybridized carbons (Fsp3) is 0.538. The molecule has 0 spiro atoms. The third kappa shape index (κ3) is 6.99. The number of halogens is 2. The number of benzene rings is 1. The first kappa shape index (κ1) is 16.5. The summed E-state index contributed by atoms with van der Waals surface area (Å²) in [5, 5.41) is 22.4. The number of aliphatic hydroxyl groups is 2. The first-order valence-electron chi connectivity index (χ1n) is 6.21. The average molecular weight is 308 g/mol. The van der Waals surface area contributed by atoms with E-state index in [0.29, 0.717) is 22.3 Å². The van der Waals surface area contributed by atoms with Gasteiger partial charge in [0.1, 0.15) is 18.5 Å². The zero-order chi connectivity index (χ0) is 14.1. The van der Waals surface area contributed by atoms with Crippen molar-refractivity contribution in [3.63, 3.8) is 0 Å². The lowest BCUT2D eigenvalue weighted by Gasteiger charge is -2.14. The van der Waals surface area contributed by atoms with E-state index >= 15 is 0 Å². The van der Waals surface area contributed by atoms with E-state index in [2.05, 4.69) is 5.32 Å². The first-order valence-corrected chi connectivity index (χ1v) is 6.96. The topological polar surface area (TPSA) is 61.7 Å². The lowest BCUT2D eigenvalue weighted by Crippen LogP contribution is -2.32. The van der Waals surface area contributed by atoms with Gasteiger partial charge >= 0.3 is 0 Å². The maximum atomic E-state index is 9.71. The highest BCUT2D eigenvalue weighted by Gasteiger charge is 2.07. The molecule has 0 radical (unpaired) electrons. The monoisotopic (exact) mass is 307 g/mol. The standard InChI is InChI=1S/C13H19Cl2NO3/c14-10-3-4-12(15)13(7-10)19-9-11(18)8-16-5-1-2-6-17/h3-4,7,11,16-18H,1-2,5-6,8-9H2. The fourth-order valence-corrected chi connectivity index (χ4v) is 1.80. The maximum Gasteiger partial charge on any atom is 0.139 e. The molecule has 1 rings (SSSR count). The molecule has 0 aliphatic heterocycles.